The van der Waals surface area contributed by atoms with Crippen molar-refractivity contribution in [2.75, 3.05) is 73.2 Å². The van der Waals surface area contributed by atoms with Crippen molar-refractivity contribution in [2.24, 2.45) is 0 Å². The molecule has 2 rings (SSSR count). The summed E-state index contributed by atoms with van der Waals surface area (Å²) in [5.74, 6) is -1.43. The highest BCUT2D eigenvalue weighted by atomic mass is 16.5. The maximum atomic E-state index is 12.4. The van der Waals surface area contributed by atoms with Crippen LogP contribution in [-0.2, 0) is 32.2 Å². The first-order valence-corrected chi connectivity index (χ1v) is 10.6. The number of aliphatic carboxylic acids is 1. The number of hydrogen-bond acceptors (Lipinski definition) is 8. The summed E-state index contributed by atoms with van der Waals surface area (Å²) in [6, 6.07) is 5.66. The van der Waals surface area contributed by atoms with Gasteiger partial charge in [-0.2, -0.15) is 0 Å². The van der Waals surface area contributed by atoms with E-state index >= 15 is 0 Å². The van der Waals surface area contributed by atoms with Gasteiger partial charge in [0.05, 0.1) is 44.3 Å². The molecule has 0 atom stereocenters. The molecule has 2 amide bonds. The van der Waals surface area contributed by atoms with E-state index in [9.17, 15) is 14.4 Å². The van der Waals surface area contributed by atoms with Gasteiger partial charge in [-0.25, -0.2) is 0 Å². The Morgan fingerprint density at radius 3 is 2.03 bits per heavy atom. The van der Waals surface area contributed by atoms with E-state index < -0.39 is 5.97 Å². The van der Waals surface area contributed by atoms with Crippen LogP contribution in [0.25, 0.3) is 0 Å². The summed E-state index contributed by atoms with van der Waals surface area (Å²) in [7, 11) is 3.13. The predicted octanol–water partition coefficient (Wildman–Crippen LogP) is -1.29. The Balaban J connectivity index is 2.07. The van der Waals surface area contributed by atoms with Crippen LogP contribution in [0.3, 0.4) is 0 Å². The zero-order chi connectivity index (χ0) is 23.5. The van der Waals surface area contributed by atoms with Crippen molar-refractivity contribution in [1.29, 1.82) is 0 Å². The number of pyridine rings is 1. The Hall–Kier alpha value is -2.60. The first kappa shape index (κ1) is 25.7. The van der Waals surface area contributed by atoms with Crippen molar-refractivity contribution in [3.05, 3.63) is 29.6 Å². The third kappa shape index (κ3) is 8.87. The van der Waals surface area contributed by atoms with Crippen molar-refractivity contribution >= 4 is 17.8 Å². The average Bonchev–Trinajstić information content (AvgIpc) is 2.72. The molecule has 0 unspecified atom stereocenters. The van der Waals surface area contributed by atoms with Crippen LogP contribution < -0.4 is 0 Å². The molecule has 2 heterocycles. The summed E-state index contributed by atoms with van der Waals surface area (Å²) >= 11 is 0. The molecule has 178 valence electrons. The van der Waals surface area contributed by atoms with Crippen LogP contribution in [0.15, 0.2) is 18.2 Å². The van der Waals surface area contributed by atoms with E-state index in [2.05, 4.69) is 4.98 Å². The van der Waals surface area contributed by atoms with Gasteiger partial charge in [0, 0.05) is 46.8 Å². The molecule has 1 aromatic rings. The first-order chi connectivity index (χ1) is 15.3. The number of aliphatic hydroxyl groups is 1. The minimum Gasteiger partial charge on any atom is -0.480 e. The second-order valence-corrected chi connectivity index (χ2v) is 7.84. The normalized spacial score (nSPS) is 16.0. The zero-order valence-corrected chi connectivity index (χ0v) is 18.8. The van der Waals surface area contributed by atoms with Crippen molar-refractivity contribution in [3.8, 4) is 0 Å². The molecule has 2 bridgehead atoms. The maximum absolute atomic E-state index is 12.4. The van der Waals surface area contributed by atoms with Crippen molar-refractivity contribution in [3.63, 3.8) is 0 Å². The van der Waals surface area contributed by atoms with Crippen molar-refractivity contribution in [2.45, 2.75) is 13.1 Å². The summed E-state index contributed by atoms with van der Waals surface area (Å²) in [5, 5.41) is 17.9. The molecule has 0 fully saturated rings. The molecule has 1 aromatic heterocycles. The van der Waals surface area contributed by atoms with Crippen molar-refractivity contribution in [1.82, 2.24) is 24.6 Å². The van der Waals surface area contributed by atoms with Gasteiger partial charge in [0.1, 0.15) is 6.54 Å². The van der Waals surface area contributed by atoms with Gasteiger partial charge in [-0.1, -0.05) is 6.07 Å². The summed E-state index contributed by atoms with van der Waals surface area (Å²) < 4.78 is 5.74. The summed E-state index contributed by atoms with van der Waals surface area (Å²) in [6.07, 6.45) is 0. The van der Waals surface area contributed by atoms with E-state index in [4.69, 9.17) is 14.9 Å². The number of nitrogens with zero attached hydrogens (tertiary/aromatic N) is 5. The SMILES string of the molecule is CN(CCO)C(=O)CN1CCOCCN(CC(=O)N(C)CC(=O)O)Cc2cccc(n2)C1. The Morgan fingerprint density at radius 1 is 1.00 bits per heavy atom. The van der Waals surface area contributed by atoms with Crippen LogP contribution in [0, 0.1) is 0 Å². The third-order valence-corrected chi connectivity index (χ3v) is 5.12. The molecule has 32 heavy (non-hydrogen) atoms. The lowest BCUT2D eigenvalue weighted by Crippen LogP contribution is -2.42. The molecule has 2 N–H and O–H groups in total. The monoisotopic (exact) mass is 451 g/mol. The third-order valence-electron chi connectivity index (χ3n) is 5.12. The molecule has 0 saturated heterocycles. The molecule has 11 nitrogen and oxygen atoms in total. The van der Waals surface area contributed by atoms with Crippen LogP contribution >= 0.6 is 0 Å². The Morgan fingerprint density at radius 2 is 1.53 bits per heavy atom. The highest BCUT2D eigenvalue weighted by Gasteiger charge is 2.19. The quantitative estimate of drug-likeness (QED) is 0.496. The lowest BCUT2D eigenvalue weighted by atomic mass is 10.2. The second-order valence-electron chi connectivity index (χ2n) is 7.84. The van der Waals surface area contributed by atoms with E-state index in [0.29, 0.717) is 39.4 Å². The summed E-state index contributed by atoms with van der Waals surface area (Å²) in [6.45, 7) is 2.82. The molecule has 0 radical (unpaired) electrons. The largest absolute Gasteiger partial charge is 0.480 e. The standard InChI is InChI=1S/C21H33N5O6/c1-23(6-9-27)19(28)14-25-7-10-32-11-8-26(15-20(29)24(2)16-21(30)31)13-18-5-3-4-17(12-25)22-18/h3-5,27H,6-16H2,1-2H3,(H,30,31). The van der Waals surface area contributed by atoms with Gasteiger partial charge >= 0.3 is 5.97 Å². The van der Waals surface area contributed by atoms with Crippen LogP contribution in [0.1, 0.15) is 11.4 Å². The number of hydrogen-bond donors (Lipinski definition) is 2. The predicted molar refractivity (Wildman–Crippen MR) is 116 cm³/mol. The molecule has 1 aliphatic heterocycles. The highest BCUT2D eigenvalue weighted by molar-refractivity contribution is 5.82. The molecular weight excluding hydrogens is 418 g/mol. The van der Waals surface area contributed by atoms with Gasteiger partial charge in [0.2, 0.25) is 11.8 Å². The Labute approximate surface area is 188 Å². The highest BCUT2D eigenvalue weighted by Crippen LogP contribution is 2.09. The minimum atomic E-state index is -1.06. The fraction of sp³-hybridized carbons (Fsp3) is 0.619. The van der Waals surface area contributed by atoms with Gasteiger partial charge in [0.25, 0.3) is 0 Å². The van der Waals surface area contributed by atoms with Crippen molar-refractivity contribution < 1.29 is 29.3 Å². The van der Waals surface area contributed by atoms with E-state index in [1.54, 1.807) is 7.05 Å². The van der Waals surface area contributed by atoms with Gasteiger partial charge in [0.15, 0.2) is 0 Å². The van der Waals surface area contributed by atoms with Crippen LogP contribution in [0.2, 0.25) is 0 Å². The number of carboxylic acid groups (broad SMARTS) is 1. The number of rotatable bonds is 8. The topological polar surface area (TPSA) is 127 Å². The molecule has 0 aliphatic carbocycles. The number of carboxylic acids is 1. The zero-order valence-electron chi connectivity index (χ0n) is 18.8. The fourth-order valence-corrected chi connectivity index (χ4v) is 3.27. The van der Waals surface area contributed by atoms with Gasteiger partial charge in [-0.3, -0.25) is 29.2 Å². The Bertz CT molecular complexity index is 777. The molecule has 0 saturated carbocycles. The fourth-order valence-electron chi connectivity index (χ4n) is 3.27. The van der Waals surface area contributed by atoms with E-state index in [-0.39, 0.29) is 44.6 Å². The molecule has 11 heteroatoms. The Kier molecular flexibility index (Phi) is 10.5. The number of ether oxygens (including phenoxy) is 1. The van der Waals surface area contributed by atoms with Crippen LogP contribution in [0.5, 0.6) is 0 Å². The number of carbonyl (C=O) groups is 3. The number of aromatic nitrogens is 1. The van der Waals surface area contributed by atoms with Gasteiger partial charge in [-0.15, -0.1) is 0 Å². The minimum absolute atomic E-state index is 0.0663. The maximum Gasteiger partial charge on any atom is 0.323 e. The smallest absolute Gasteiger partial charge is 0.323 e. The first-order valence-electron chi connectivity index (χ1n) is 10.6. The van der Waals surface area contributed by atoms with E-state index in [1.165, 1.54) is 16.8 Å². The molecule has 0 spiro atoms. The number of amides is 2. The summed E-state index contributed by atoms with van der Waals surface area (Å²) in [4.78, 5) is 46.9. The number of likely N-dealkylation sites (N-methyl/N-ethyl adjacent to an activating group) is 2. The lowest BCUT2D eigenvalue weighted by molar-refractivity contribution is -0.144. The van der Waals surface area contributed by atoms with Crippen LogP contribution in [0.4, 0.5) is 0 Å². The summed E-state index contributed by atoms with van der Waals surface area (Å²) in [5.41, 5.74) is 1.58. The molecule has 0 aromatic carbocycles. The number of aliphatic hydroxyl groups excluding tert-OH is 1. The van der Waals surface area contributed by atoms with E-state index in [1.807, 2.05) is 28.0 Å². The second kappa shape index (κ2) is 13.1. The molecule has 1 aliphatic rings. The number of fused-ring (bicyclic) bond motifs is 2. The number of carbonyl (C=O) groups excluding carboxylic acids is 2. The lowest BCUT2D eigenvalue weighted by Gasteiger charge is -2.27. The van der Waals surface area contributed by atoms with Gasteiger partial charge < -0.3 is 24.7 Å². The van der Waals surface area contributed by atoms with E-state index in [0.717, 1.165) is 11.4 Å². The average molecular weight is 452 g/mol. The van der Waals surface area contributed by atoms with Gasteiger partial charge in [-0.05, 0) is 12.1 Å². The molecular formula is C21H33N5O6. The van der Waals surface area contributed by atoms with Crippen LogP contribution in [-0.4, -0.2) is 126 Å².